The monoisotopic (exact) mass is 531 g/mol. The number of allylic oxidation sites excluding steroid dienone is 2. The molecule has 2 fully saturated rings. The number of carbonyl (C=O) groups excluding carboxylic acids is 1. The van der Waals surface area contributed by atoms with Gasteiger partial charge >= 0.3 is 0 Å². The number of ether oxygens (including phenoxy) is 4. The van der Waals surface area contributed by atoms with E-state index in [-0.39, 0.29) is 18.7 Å². The molecule has 39 heavy (non-hydrogen) atoms. The molecule has 5 rings (SSSR count). The molecule has 1 aliphatic carbocycles. The summed E-state index contributed by atoms with van der Waals surface area (Å²) in [5.74, 6) is 2.69. The van der Waals surface area contributed by atoms with Crippen molar-refractivity contribution in [1.82, 2.24) is 10.2 Å². The third kappa shape index (κ3) is 5.72. The van der Waals surface area contributed by atoms with Gasteiger partial charge in [0.15, 0.2) is 11.5 Å². The van der Waals surface area contributed by atoms with Crippen LogP contribution in [0.1, 0.15) is 49.8 Å². The van der Waals surface area contributed by atoms with Crippen molar-refractivity contribution in [3.8, 4) is 17.2 Å². The van der Waals surface area contributed by atoms with Gasteiger partial charge in [0.2, 0.25) is 12.7 Å². The van der Waals surface area contributed by atoms with Crippen LogP contribution in [0.25, 0.3) is 0 Å². The van der Waals surface area contributed by atoms with E-state index in [1.165, 1.54) is 0 Å². The minimum atomic E-state index is -0.574. The van der Waals surface area contributed by atoms with Gasteiger partial charge < -0.3 is 24.3 Å². The Kier molecular flexibility index (Phi) is 8.33. The smallest absolute Gasteiger partial charge is 0.236 e. The summed E-state index contributed by atoms with van der Waals surface area (Å²) in [6, 6.07) is 14.2. The maximum atomic E-state index is 13.5. The zero-order chi connectivity index (χ0) is 27.2. The minimum Gasteiger partial charge on any atom is -0.496 e. The fourth-order valence-electron chi connectivity index (χ4n) is 5.61. The number of fused-ring (bicyclic) bond motifs is 1. The van der Waals surface area contributed by atoms with Crippen LogP contribution in [0.4, 0.5) is 0 Å². The van der Waals surface area contributed by atoms with Crippen LogP contribution in [0, 0.1) is 0 Å². The van der Waals surface area contributed by atoms with Crippen LogP contribution in [0.5, 0.6) is 17.2 Å². The second kappa shape index (κ2) is 12.1. The largest absolute Gasteiger partial charge is 0.496 e. The van der Waals surface area contributed by atoms with Gasteiger partial charge in [-0.15, -0.1) is 0 Å². The summed E-state index contributed by atoms with van der Waals surface area (Å²) in [5, 5.41) is 3.06. The Balaban J connectivity index is 1.37. The number of nitrogens with one attached hydrogen (secondary N) is 1. The number of para-hydroxylation sites is 1. The second-order valence-electron chi connectivity index (χ2n) is 10.1. The van der Waals surface area contributed by atoms with E-state index in [0.29, 0.717) is 30.0 Å². The van der Waals surface area contributed by atoms with Crippen molar-refractivity contribution in [3.05, 3.63) is 77.6 Å². The van der Waals surface area contributed by atoms with E-state index in [1.807, 2.05) is 55.5 Å². The van der Waals surface area contributed by atoms with E-state index in [0.717, 1.165) is 49.1 Å². The fraction of sp³-hybridized carbons (Fsp3) is 0.419. The fourth-order valence-corrected chi connectivity index (χ4v) is 5.61. The van der Waals surface area contributed by atoms with Gasteiger partial charge in [0.25, 0.3) is 0 Å². The number of hydrogen-bond acceptors (Lipinski definition) is 7. The Morgan fingerprint density at radius 2 is 2.03 bits per heavy atom. The molecule has 8 nitrogen and oxygen atoms in total. The van der Waals surface area contributed by atoms with Crippen molar-refractivity contribution in [3.63, 3.8) is 0 Å². The van der Waals surface area contributed by atoms with Gasteiger partial charge in [-0.1, -0.05) is 36.4 Å². The first kappa shape index (κ1) is 27.0. The lowest BCUT2D eigenvalue weighted by atomic mass is 9.94. The van der Waals surface area contributed by atoms with Crippen molar-refractivity contribution >= 4 is 12.1 Å². The molecule has 1 saturated heterocycles. The third-order valence-corrected chi connectivity index (χ3v) is 7.76. The summed E-state index contributed by atoms with van der Waals surface area (Å²) < 4.78 is 22.2. The van der Waals surface area contributed by atoms with Crippen molar-refractivity contribution in [1.29, 1.82) is 0 Å². The Hall–Kier alpha value is -3.62. The lowest BCUT2D eigenvalue weighted by molar-refractivity contribution is -0.122. The number of amides is 1. The van der Waals surface area contributed by atoms with E-state index in [4.69, 9.17) is 18.9 Å². The Bertz CT molecular complexity index is 1270. The lowest BCUT2D eigenvalue weighted by Crippen LogP contribution is -2.35. The number of aliphatic imine (C=N–C) groups is 1. The van der Waals surface area contributed by atoms with Crippen LogP contribution < -0.4 is 19.5 Å². The zero-order valence-corrected chi connectivity index (χ0v) is 22.9. The molecule has 0 bridgehead atoms. The third-order valence-electron chi connectivity index (χ3n) is 7.76. The van der Waals surface area contributed by atoms with Crippen LogP contribution in [0.2, 0.25) is 0 Å². The molecular weight excluding hydrogens is 494 g/mol. The average molecular weight is 532 g/mol. The van der Waals surface area contributed by atoms with Crippen LogP contribution in [-0.4, -0.2) is 57.2 Å². The highest BCUT2D eigenvalue weighted by Gasteiger charge is 2.51. The highest BCUT2D eigenvalue weighted by atomic mass is 16.7. The molecule has 0 radical (unpaired) electrons. The maximum absolute atomic E-state index is 13.5. The summed E-state index contributed by atoms with van der Waals surface area (Å²) in [5.41, 5.74) is 1.46. The second-order valence-corrected chi connectivity index (χ2v) is 10.1. The van der Waals surface area contributed by atoms with Crippen molar-refractivity contribution < 1.29 is 23.7 Å². The molecule has 1 N–H and O–H groups in total. The molecule has 2 atom stereocenters. The van der Waals surface area contributed by atoms with Gasteiger partial charge in [-0.05, 0) is 69.0 Å². The highest BCUT2D eigenvalue weighted by Crippen LogP contribution is 2.50. The first-order chi connectivity index (χ1) is 19.1. The van der Waals surface area contributed by atoms with Gasteiger partial charge in [0.1, 0.15) is 11.6 Å². The summed E-state index contributed by atoms with van der Waals surface area (Å²) in [6.07, 6.45) is 11.4. The normalized spacial score (nSPS) is 21.0. The molecule has 2 heterocycles. The molecule has 1 amide bonds. The Morgan fingerprint density at radius 1 is 1.21 bits per heavy atom. The number of carbonyl (C=O) groups is 1. The average Bonchev–Trinajstić information content (AvgIpc) is 3.42. The molecule has 2 aromatic rings. The van der Waals surface area contributed by atoms with Gasteiger partial charge in [0.05, 0.1) is 25.2 Å². The quantitative estimate of drug-likeness (QED) is 0.328. The van der Waals surface area contributed by atoms with E-state index in [2.05, 4.69) is 27.4 Å². The molecular formula is C31H37N3O5. The molecule has 0 spiro atoms. The molecule has 1 unspecified atom stereocenters. The molecule has 8 heteroatoms. The van der Waals surface area contributed by atoms with Gasteiger partial charge in [-0.3, -0.25) is 9.69 Å². The minimum absolute atomic E-state index is 0.00832. The predicted octanol–water partition coefficient (Wildman–Crippen LogP) is 4.91. The van der Waals surface area contributed by atoms with E-state index in [9.17, 15) is 4.79 Å². The number of likely N-dealkylation sites (tertiary alicyclic amines) is 1. The van der Waals surface area contributed by atoms with Crippen molar-refractivity contribution in [2.75, 3.05) is 34.2 Å². The Morgan fingerprint density at radius 3 is 2.79 bits per heavy atom. The number of nitrogens with zero attached hydrogens (tertiary/aromatic N) is 2. The number of rotatable bonds is 11. The molecule has 1 saturated carbocycles. The van der Waals surface area contributed by atoms with Crippen LogP contribution >= 0.6 is 0 Å². The standard InChI is InChI=1S/C31H37N3O5/c1-4-32-29(33-30(35)31(16-17-31)22-14-15-27-28(19-22)39-21-38-27)13-7-11-25(24-10-5-6-12-26(24)37-3)34-18-8-9-23(34)20-36-2/h4-7,10-15,19,23,25H,8-9,16-18,20-21H2,1-3H3,(H,33,35)/b11-7+,29-13+,32-4-/t23-,25?/m0/s1. The summed E-state index contributed by atoms with van der Waals surface area (Å²) in [4.78, 5) is 20.4. The summed E-state index contributed by atoms with van der Waals surface area (Å²) >= 11 is 0. The first-order valence-corrected chi connectivity index (χ1v) is 13.6. The van der Waals surface area contributed by atoms with Crippen molar-refractivity contribution in [2.24, 2.45) is 4.99 Å². The van der Waals surface area contributed by atoms with Crippen LogP contribution in [-0.2, 0) is 14.9 Å². The first-order valence-electron chi connectivity index (χ1n) is 13.6. The van der Waals surface area contributed by atoms with Gasteiger partial charge in [-0.25, -0.2) is 4.99 Å². The molecule has 2 aliphatic heterocycles. The van der Waals surface area contributed by atoms with Crippen LogP contribution in [0.3, 0.4) is 0 Å². The zero-order valence-electron chi connectivity index (χ0n) is 22.9. The van der Waals surface area contributed by atoms with Crippen molar-refractivity contribution in [2.45, 2.75) is 50.1 Å². The van der Waals surface area contributed by atoms with Gasteiger partial charge in [-0.2, -0.15) is 0 Å². The predicted molar refractivity (Wildman–Crippen MR) is 150 cm³/mol. The highest BCUT2D eigenvalue weighted by molar-refractivity contribution is 5.92. The number of methoxy groups -OCH3 is 2. The van der Waals surface area contributed by atoms with E-state index >= 15 is 0 Å². The van der Waals surface area contributed by atoms with E-state index in [1.54, 1.807) is 20.4 Å². The van der Waals surface area contributed by atoms with E-state index < -0.39 is 5.41 Å². The summed E-state index contributed by atoms with van der Waals surface area (Å²) in [6.45, 7) is 3.70. The van der Waals surface area contributed by atoms with Gasteiger partial charge in [0, 0.05) is 24.9 Å². The molecule has 3 aliphatic rings. The lowest BCUT2D eigenvalue weighted by Gasteiger charge is -2.32. The number of hydrogen-bond donors (Lipinski definition) is 1. The number of benzene rings is 2. The topological polar surface area (TPSA) is 81.6 Å². The molecule has 206 valence electrons. The maximum Gasteiger partial charge on any atom is 0.236 e. The van der Waals surface area contributed by atoms with Crippen LogP contribution in [0.15, 0.2) is 71.5 Å². The Labute approximate surface area is 230 Å². The molecule has 2 aromatic carbocycles. The summed E-state index contributed by atoms with van der Waals surface area (Å²) in [7, 11) is 3.45. The SMILES string of the molecule is C\C=N/C(=C\C=C\C(c1ccccc1OC)N1CCC[C@H]1COC)NC(=O)C1(c2ccc3c(c2)OCO3)CC1. The molecule has 0 aromatic heterocycles.